The van der Waals surface area contributed by atoms with E-state index in [-0.39, 0.29) is 5.92 Å². The zero-order valence-electron chi connectivity index (χ0n) is 32.4. The number of halogens is 1. The third kappa shape index (κ3) is 5.44. The zero-order valence-corrected chi connectivity index (χ0v) is 34.8. The van der Waals surface area contributed by atoms with Crippen LogP contribution in [-0.2, 0) is 0 Å². The van der Waals surface area contributed by atoms with E-state index in [1.54, 1.807) is 0 Å². The minimum atomic E-state index is -0.424. The number of rotatable bonds is 5. The lowest BCUT2D eigenvalue weighted by Gasteiger charge is -2.38. The van der Waals surface area contributed by atoms with Gasteiger partial charge < -0.3 is 0 Å². The number of hydrogen-bond donors (Lipinski definition) is 0. The second kappa shape index (κ2) is 13.5. The summed E-state index contributed by atoms with van der Waals surface area (Å²) in [4.78, 5) is 14.4. The van der Waals surface area contributed by atoms with Crippen molar-refractivity contribution >= 4 is 76.2 Å². The second-order valence-electron chi connectivity index (χ2n) is 15.8. The molecule has 0 saturated carbocycles. The van der Waals surface area contributed by atoms with Crippen molar-refractivity contribution in [1.29, 1.82) is 0 Å². The highest BCUT2D eigenvalue weighted by molar-refractivity contribution is 9.10. The highest BCUT2D eigenvalue weighted by Gasteiger charge is 2.49. The summed E-state index contributed by atoms with van der Waals surface area (Å²) >= 11 is 5.90. The Morgan fingerprint density at radius 3 is 2.24 bits per heavy atom. The minimum Gasteiger partial charge on any atom is -0.300 e. The van der Waals surface area contributed by atoms with E-state index in [0.717, 1.165) is 32.3 Å². The molecule has 1 aliphatic heterocycles. The number of thiophene rings is 1. The average molecular weight is 829 g/mol. The van der Waals surface area contributed by atoms with Gasteiger partial charge in [-0.3, -0.25) is 4.90 Å². The van der Waals surface area contributed by atoms with Gasteiger partial charge in [-0.05, 0) is 117 Å². The first-order valence-electron chi connectivity index (χ1n) is 19.8. The smallest absolute Gasteiger partial charge is 0.231 e. The van der Waals surface area contributed by atoms with Crippen LogP contribution in [0.25, 0.3) is 70.2 Å². The van der Waals surface area contributed by atoms with E-state index < -0.39 is 5.54 Å². The molecule has 278 valence electrons. The standard InChI is InChI=1S/C53H38BrN3S/c1-32-13-4-6-16-38(32)39-25-23-37(29-33(39)2)50-43-19-8-10-21-46(43)55-52(56-50)57-47-22-11-9-18-42(47)45-31-36(27-28-53(45,57)3)35-24-26-48-44(30-35)49(54)51(58-48)41-20-12-15-34-14-5-7-17-40(34)41/h4-31,45H,1-3H3. The highest BCUT2D eigenvalue weighted by Crippen LogP contribution is 2.55. The molecule has 2 aliphatic rings. The maximum Gasteiger partial charge on any atom is 0.231 e. The molecule has 58 heavy (non-hydrogen) atoms. The van der Waals surface area contributed by atoms with Crippen molar-refractivity contribution in [2.45, 2.75) is 32.2 Å². The van der Waals surface area contributed by atoms with Crippen LogP contribution in [0.5, 0.6) is 0 Å². The Balaban J connectivity index is 0.998. The first kappa shape index (κ1) is 35.1. The first-order valence-corrected chi connectivity index (χ1v) is 21.4. The van der Waals surface area contributed by atoms with Crippen LogP contribution in [0.2, 0.25) is 0 Å². The van der Waals surface area contributed by atoms with Gasteiger partial charge in [-0.25, -0.2) is 9.97 Å². The van der Waals surface area contributed by atoms with Crippen LogP contribution >= 0.6 is 27.3 Å². The van der Waals surface area contributed by atoms with Crippen LogP contribution in [-0.4, -0.2) is 15.5 Å². The fourth-order valence-corrected chi connectivity index (χ4v) is 11.4. The van der Waals surface area contributed by atoms with Crippen LogP contribution in [0, 0.1) is 13.8 Å². The largest absolute Gasteiger partial charge is 0.300 e. The molecule has 2 aromatic heterocycles. The Kier molecular flexibility index (Phi) is 8.15. The van der Waals surface area contributed by atoms with Gasteiger partial charge >= 0.3 is 0 Å². The summed E-state index contributed by atoms with van der Waals surface area (Å²) in [5, 5.41) is 4.81. The number of aromatic nitrogens is 2. The lowest BCUT2D eigenvalue weighted by molar-refractivity contribution is 0.537. The normalized spacial score (nSPS) is 17.2. The number of anilines is 2. The lowest BCUT2D eigenvalue weighted by Crippen LogP contribution is -2.43. The summed E-state index contributed by atoms with van der Waals surface area (Å²) in [6.45, 7) is 6.71. The summed E-state index contributed by atoms with van der Waals surface area (Å²) in [7, 11) is 0. The monoisotopic (exact) mass is 827 g/mol. The molecule has 0 radical (unpaired) electrons. The number of fused-ring (bicyclic) bond motifs is 6. The maximum atomic E-state index is 5.47. The maximum absolute atomic E-state index is 5.47. The molecule has 0 saturated heterocycles. The van der Waals surface area contributed by atoms with Gasteiger partial charge in [0.2, 0.25) is 5.95 Å². The van der Waals surface area contributed by atoms with Crippen molar-refractivity contribution in [3.63, 3.8) is 0 Å². The van der Waals surface area contributed by atoms with Gasteiger partial charge in [0.25, 0.3) is 0 Å². The van der Waals surface area contributed by atoms with Crippen molar-refractivity contribution in [3.05, 3.63) is 197 Å². The number of allylic oxidation sites excluding steroid dienone is 2. The van der Waals surface area contributed by atoms with Gasteiger partial charge in [-0.1, -0.05) is 140 Å². The van der Waals surface area contributed by atoms with Crippen LogP contribution in [0.3, 0.4) is 0 Å². The Hall–Kier alpha value is -6.14. The third-order valence-electron chi connectivity index (χ3n) is 12.3. The van der Waals surface area contributed by atoms with Gasteiger partial charge in [-0.15, -0.1) is 11.3 Å². The van der Waals surface area contributed by atoms with Crippen LogP contribution in [0.1, 0.15) is 35.1 Å². The van der Waals surface area contributed by atoms with Crippen molar-refractivity contribution in [2.75, 3.05) is 4.90 Å². The molecule has 3 nitrogen and oxygen atoms in total. The Morgan fingerprint density at radius 2 is 1.36 bits per heavy atom. The molecule has 0 N–H and O–H groups in total. The van der Waals surface area contributed by atoms with Gasteiger partial charge in [0.15, 0.2) is 0 Å². The fraction of sp³-hybridized carbons (Fsp3) is 0.0943. The van der Waals surface area contributed by atoms with E-state index in [0.29, 0.717) is 5.95 Å². The molecule has 0 fully saturated rings. The van der Waals surface area contributed by atoms with E-state index >= 15 is 0 Å². The molecule has 0 amide bonds. The molecule has 3 heterocycles. The molecular weight excluding hydrogens is 791 g/mol. The van der Waals surface area contributed by atoms with E-state index in [1.807, 2.05) is 11.3 Å². The predicted molar refractivity (Wildman–Crippen MR) is 249 cm³/mol. The van der Waals surface area contributed by atoms with Crippen LogP contribution in [0.4, 0.5) is 11.6 Å². The second-order valence-corrected chi connectivity index (χ2v) is 17.6. The zero-order chi connectivity index (χ0) is 39.1. The van der Waals surface area contributed by atoms with Gasteiger partial charge in [0, 0.05) is 42.7 Å². The SMILES string of the molecule is Cc1ccccc1-c1ccc(-c2nc(N3c4ccccc4C4C=C(c5ccc6sc(-c7cccc8ccccc78)c(Br)c6c5)C=CC43C)nc3ccccc23)cc1C. The predicted octanol–water partition coefficient (Wildman–Crippen LogP) is 15.0. The highest BCUT2D eigenvalue weighted by atomic mass is 79.9. The summed E-state index contributed by atoms with van der Waals surface area (Å²) in [5.41, 5.74) is 13.6. The van der Waals surface area contributed by atoms with E-state index in [4.69, 9.17) is 9.97 Å². The molecule has 11 rings (SSSR count). The number of benzene rings is 7. The number of aryl methyl sites for hydroxylation is 2. The Morgan fingerprint density at radius 1 is 0.638 bits per heavy atom. The van der Waals surface area contributed by atoms with Crippen molar-refractivity contribution in [2.24, 2.45) is 0 Å². The number of nitrogens with zero attached hydrogens (tertiary/aromatic N) is 3. The van der Waals surface area contributed by atoms with E-state index in [1.165, 1.54) is 70.3 Å². The van der Waals surface area contributed by atoms with Crippen LogP contribution < -0.4 is 4.90 Å². The Bertz CT molecular complexity index is 3210. The fourth-order valence-electron chi connectivity index (χ4n) is 9.33. The molecule has 1 aliphatic carbocycles. The summed E-state index contributed by atoms with van der Waals surface area (Å²) < 4.78 is 2.42. The average Bonchev–Trinajstić information content (AvgIpc) is 3.72. The molecule has 5 heteroatoms. The summed E-state index contributed by atoms with van der Waals surface area (Å²) in [6.07, 6.45) is 7.14. The minimum absolute atomic E-state index is 0.0886. The quantitative estimate of drug-likeness (QED) is 0.173. The first-order chi connectivity index (χ1) is 28.4. The molecule has 2 unspecified atom stereocenters. The molecular formula is C53H38BrN3S. The Labute approximate surface area is 350 Å². The van der Waals surface area contributed by atoms with E-state index in [9.17, 15) is 0 Å². The third-order valence-corrected chi connectivity index (χ3v) is 14.6. The topological polar surface area (TPSA) is 29.0 Å². The number of hydrogen-bond acceptors (Lipinski definition) is 4. The van der Waals surface area contributed by atoms with Gasteiger partial charge in [0.1, 0.15) is 0 Å². The van der Waals surface area contributed by atoms with Gasteiger partial charge in [0.05, 0.1) is 21.6 Å². The van der Waals surface area contributed by atoms with Crippen molar-refractivity contribution < 1.29 is 0 Å². The molecule has 2 atom stereocenters. The number of para-hydroxylation sites is 2. The summed E-state index contributed by atoms with van der Waals surface area (Å²) in [6, 6.07) is 54.7. The summed E-state index contributed by atoms with van der Waals surface area (Å²) in [5.74, 6) is 0.795. The van der Waals surface area contributed by atoms with Crippen molar-refractivity contribution in [3.8, 4) is 32.8 Å². The molecule has 9 aromatic rings. The molecule has 0 bridgehead atoms. The lowest BCUT2D eigenvalue weighted by atomic mass is 9.77. The molecule has 0 spiro atoms. The van der Waals surface area contributed by atoms with Gasteiger partial charge in [-0.2, -0.15) is 0 Å². The van der Waals surface area contributed by atoms with E-state index in [2.05, 4.69) is 211 Å². The van der Waals surface area contributed by atoms with Crippen molar-refractivity contribution in [1.82, 2.24) is 9.97 Å². The molecule has 7 aromatic carbocycles. The van der Waals surface area contributed by atoms with Crippen LogP contribution in [0.15, 0.2) is 174 Å².